The number of hydrogen-bond acceptors (Lipinski definition) is 19. The lowest BCUT2D eigenvalue weighted by molar-refractivity contribution is -0.132. The second-order valence-corrected chi connectivity index (χ2v) is 24.7. The lowest BCUT2D eigenvalue weighted by atomic mass is 10.1. The molecule has 3 heterocycles. The molecule has 3 unspecified atom stereocenters. The first-order valence-electron chi connectivity index (χ1n) is 29.0. The normalized spacial score (nSPS) is 15.2. The van der Waals surface area contributed by atoms with E-state index in [1.807, 2.05) is 86.6 Å². The first kappa shape index (κ1) is 71.8. The van der Waals surface area contributed by atoms with E-state index in [0.717, 1.165) is 33.1 Å². The Kier molecular flexibility index (Phi) is 26.6. The lowest BCUT2D eigenvalue weighted by Crippen LogP contribution is -2.47. The number of benzene rings is 6. The number of carbonyl (C=O) groups is 9. The number of nitrogens with one attached hydrogen (secondary N) is 4. The Morgan fingerprint density at radius 3 is 1.18 bits per heavy atom. The number of hydrogen-bond donors (Lipinski definition) is 6. The molecular formula is C67H71N7O17S3. The molecule has 24 nitrogen and oxygen atoms in total. The van der Waals surface area contributed by atoms with Crippen molar-refractivity contribution in [1.82, 2.24) is 21.8 Å². The number of carboxylic acids is 1. The van der Waals surface area contributed by atoms with Crippen molar-refractivity contribution in [2.45, 2.75) is 69.6 Å². The number of hydroxylamine groups is 3. The van der Waals surface area contributed by atoms with Crippen LogP contribution in [-0.4, -0.2) is 147 Å². The van der Waals surface area contributed by atoms with Crippen LogP contribution < -0.4 is 50.7 Å². The molecule has 9 rings (SSSR count). The van der Waals surface area contributed by atoms with Crippen LogP contribution in [0.25, 0.3) is 0 Å². The van der Waals surface area contributed by atoms with E-state index in [1.165, 1.54) is 81.4 Å². The number of carbonyl (C=O) groups excluding carboxylic acids is 8. The van der Waals surface area contributed by atoms with Gasteiger partial charge in [0, 0.05) is 26.3 Å². The highest BCUT2D eigenvalue weighted by atomic mass is 32.2. The molecule has 0 spiro atoms. The molecule has 7 amide bonds. The Labute approximate surface area is 555 Å². The van der Waals surface area contributed by atoms with Crippen molar-refractivity contribution in [3.8, 4) is 17.2 Å². The summed E-state index contributed by atoms with van der Waals surface area (Å²) in [6.45, 7) is 10.3. The Morgan fingerprint density at radius 2 is 0.851 bits per heavy atom. The average Bonchev–Trinajstić information content (AvgIpc) is 0.799. The summed E-state index contributed by atoms with van der Waals surface area (Å²) in [5, 5.41) is 19.6. The molecule has 3 atom stereocenters. The highest BCUT2D eigenvalue weighted by molar-refractivity contribution is 8.01. The number of esters is 1. The molecular weight excluding hydrogens is 1270 g/mol. The smallest absolute Gasteiger partial charge is 0.337 e. The molecule has 3 aliphatic heterocycles. The number of fused-ring (bicyclic) bond motifs is 3. The molecule has 494 valence electrons. The predicted octanol–water partition coefficient (Wildman–Crippen LogP) is 7.83. The van der Waals surface area contributed by atoms with Gasteiger partial charge in [0.2, 0.25) is 17.7 Å². The molecule has 0 aliphatic carbocycles. The molecule has 3 aliphatic rings. The van der Waals surface area contributed by atoms with Gasteiger partial charge in [-0.25, -0.2) is 26.0 Å². The zero-order valence-corrected chi connectivity index (χ0v) is 54.7. The van der Waals surface area contributed by atoms with Gasteiger partial charge in [-0.3, -0.25) is 48.4 Å². The zero-order valence-electron chi connectivity index (χ0n) is 52.2. The minimum Gasteiger partial charge on any atom is -0.497 e. The Morgan fingerprint density at radius 1 is 0.511 bits per heavy atom. The van der Waals surface area contributed by atoms with Gasteiger partial charge < -0.3 is 44.1 Å². The molecule has 6 N–H and O–H groups in total. The maximum atomic E-state index is 13.3. The van der Waals surface area contributed by atoms with Gasteiger partial charge in [-0.1, -0.05) is 48.6 Å². The first-order chi connectivity index (χ1) is 45.2. The highest BCUT2D eigenvalue weighted by Crippen LogP contribution is 2.44. The SMILES string of the molecule is C=CCONC(=O)CN1C(=O)C(Cc2ccc(OC)cc2)Sc2cc(C(=O)O)ccc21.C=CCONC(=O)CN1C(=O)C(Cc2ccc(OC)cc2)Sc2cc(C(=O)OC)ccc21.COc1ccc(CC2Sc3cc(C(=O)NC(C)C)ccc3N(CC(=O)NO)C2=O)cc1. The molecule has 6 aromatic rings. The quantitative estimate of drug-likeness (QED) is 0.0105. The van der Waals surface area contributed by atoms with Crippen LogP contribution in [0.15, 0.2) is 167 Å². The molecule has 0 fully saturated rings. The first-order valence-corrected chi connectivity index (χ1v) is 31.7. The minimum absolute atomic E-state index is 0.00895. The van der Waals surface area contributed by atoms with Gasteiger partial charge in [-0.05, 0) is 141 Å². The topological polar surface area (TPSA) is 307 Å². The summed E-state index contributed by atoms with van der Waals surface area (Å²) >= 11 is 4.01. The molecule has 94 heavy (non-hydrogen) atoms. The number of rotatable bonds is 25. The minimum atomic E-state index is -1.06. The summed E-state index contributed by atoms with van der Waals surface area (Å²) in [7, 11) is 6.07. The molecule has 0 radical (unpaired) electrons. The highest BCUT2D eigenvalue weighted by Gasteiger charge is 2.38. The Bertz CT molecular complexity index is 3740. The van der Waals surface area contributed by atoms with Crippen LogP contribution in [0, 0.1) is 0 Å². The van der Waals surface area contributed by atoms with Crippen molar-refractivity contribution in [2.75, 3.05) is 76.0 Å². The number of aromatic carboxylic acids is 1. The predicted molar refractivity (Wildman–Crippen MR) is 355 cm³/mol. The Hall–Kier alpha value is -9.64. The van der Waals surface area contributed by atoms with E-state index in [2.05, 4.69) is 29.4 Å². The number of thioether (sulfide) groups is 3. The third-order valence-corrected chi connectivity index (χ3v) is 17.8. The van der Waals surface area contributed by atoms with Crippen molar-refractivity contribution in [2.24, 2.45) is 0 Å². The van der Waals surface area contributed by atoms with Crippen LogP contribution in [0.5, 0.6) is 17.2 Å². The third kappa shape index (κ3) is 19.5. The number of nitrogens with zero attached hydrogens (tertiary/aromatic N) is 3. The molecule has 27 heteroatoms. The number of amides is 7. The van der Waals surface area contributed by atoms with Crippen LogP contribution in [0.2, 0.25) is 0 Å². The van der Waals surface area contributed by atoms with Gasteiger partial charge in [-0.2, -0.15) is 0 Å². The second kappa shape index (κ2) is 34.9. The van der Waals surface area contributed by atoms with Crippen LogP contribution in [0.1, 0.15) is 61.6 Å². The van der Waals surface area contributed by atoms with Crippen LogP contribution in [0.4, 0.5) is 17.1 Å². The van der Waals surface area contributed by atoms with Crippen molar-refractivity contribution in [3.05, 3.63) is 186 Å². The molecule has 0 aromatic heterocycles. The van der Waals surface area contributed by atoms with Gasteiger partial charge >= 0.3 is 11.9 Å². The van der Waals surface area contributed by atoms with Crippen LogP contribution in [-0.2, 0) is 62.4 Å². The summed E-state index contributed by atoms with van der Waals surface area (Å²) in [5.74, 6) is -1.95. The van der Waals surface area contributed by atoms with Crippen LogP contribution in [0.3, 0.4) is 0 Å². The second-order valence-electron chi connectivity index (χ2n) is 21.0. The maximum Gasteiger partial charge on any atom is 0.337 e. The van der Waals surface area contributed by atoms with Crippen molar-refractivity contribution in [1.29, 1.82) is 0 Å². The fourth-order valence-corrected chi connectivity index (χ4v) is 13.5. The third-order valence-electron chi connectivity index (χ3n) is 14.1. The van der Waals surface area contributed by atoms with E-state index < -0.39 is 45.4 Å². The fraction of sp³-hybridized carbons (Fsp3) is 0.269. The molecule has 6 aromatic carbocycles. The van der Waals surface area contributed by atoms with E-state index in [-0.39, 0.29) is 68.1 Å². The lowest BCUT2D eigenvalue weighted by Gasteiger charge is -2.33. The van der Waals surface area contributed by atoms with E-state index in [4.69, 9.17) is 33.8 Å². The van der Waals surface area contributed by atoms with E-state index in [0.29, 0.717) is 63.0 Å². The van der Waals surface area contributed by atoms with Crippen LogP contribution >= 0.6 is 35.3 Å². The van der Waals surface area contributed by atoms with Gasteiger partial charge in [-0.15, -0.1) is 48.4 Å². The van der Waals surface area contributed by atoms with Crippen molar-refractivity contribution in [3.63, 3.8) is 0 Å². The van der Waals surface area contributed by atoms with Gasteiger partial charge in [0.25, 0.3) is 23.6 Å². The monoisotopic (exact) mass is 1340 g/mol. The standard InChI is InChI=1S/C23H24N2O6S.C22H25N3O5S.C22H22N2O6S/c1-4-11-31-24-21(26)14-25-18-10-7-16(23(28)30-3)13-19(18)32-20(22(25)27)12-15-5-8-17(29-2)9-6-15;1-13(2)23-21(27)15-6-9-17-18(11-15)31-19(22(28)25(17)12-20(26)24-29)10-14-4-7-16(30-3)8-5-14;1-3-10-30-23-20(25)13-24-17-9-6-15(22(27)28)12-18(17)31-19(21(24)26)11-14-4-7-16(29-2)8-5-14/h4-10,13,20H,1,11-12,14H2,2-3H3,(H,24,26);4-9,11,13,19,29H,10,12H2,1-3H3,(H,23,27)(H,24,26);3-9,12,19H,1,10-11,13H2,2H3,(H,23,25)(H,27,28). The molecule has 0 saturated carbocycles. The summed E-state index contributed by atoms with van der Waals surface area (Å²) in [5.41, 5.74) is 11.5. The number of carboxylic acid groups (broad SMARTS) is 1. The maximum absolute atomic E-state index is 13.3. The largest absolute Gasteiger partial charge is 0.497 e. The van der Waals surface area contributed by atoms with E-state index in [1.54, 1.807) is 69.3 Å². The summed E-state index contributed by atoms with van der Waals surface area (Å²) in [6, 6.07) is 36.6. The van der Waals surface area contributed by atoms with Crippen molar-refractivity contribution >= 4 is 106 Å². The summed E-state index contributed by atoms with van der Waals surface area (Å²) < 4.78 is 20.3. The van der Waals surface area contributed by atoms with E-state index >= 15 is 0 Å². The fourth-order valence-electron chi connectivity index (χ4n) is 9.54. The molecule has 0 bridgehead atoms. The van der Waals surface area contributed by atoms with Gasteiger partial charge in [0.1, 0.15) is 36.9 Å². The van der Waals surface area contributed by atoms with E-state index in [9.17, 15) is 48.3 Å². The summed E-state index contributed by atoms with van der Waals surface area (Å²) in [6.07, 6.45) is 4.27. The van der Waals surface area contributed by atoms with Gasteiger partial charge in [0.05, 0.1) is 85.6 Å². The Balaban J connectivity index is 0.000000200. The summed E-state index contributed by atoms with van der Waals surface area (Å²) in [4.78, 5) is 128. The number of ether oxygens (including phenoxy) is 4. The van der Waals surface area contributed by atoms with Gasteiger partial charge in [0.15, 0.2) is 0 Å². The van der Waals surface area contributed by atoms with Crippen molar-refractivity contribution < 1.29 is 82.1 Å². The molecule has 0 saturated heterocycles. The average molecular weight is 1340 g/mol. The number of anilines is 3. The zero-order chi connectivity index (χ0) is 68.0. The number of methoxy groups -OCH3 is 4.